The van der Waals surface area contributed by atoms with E-state index in [1.165, 1.54) is 11.3 Å². The first-order valence-corrected chi connectivity index (χ1v) is 12.5. The molecule has 0 saturated carbocycles. The zero-order valence-electron chi connectivity index (χ0n) is 19.9. The van der Waals surface area contributed by atoms with Gasteiger partial charge in [0.15, 0.2) is 5.72 Å². The fraction of sp³-hybridized carbons (Fsp3) is 0.321. The number of carbonyl (C=O) groups is 1. The zero-order valence-corrected chi connectivity index (χ0v) is 20.7. The summed E-state index contributed by atoms with van der Waals surface area (Å²) in [5.41, 5.74) is 3.10. The van der Waals surface area contributed by atoms with Crippen LogP contribution < -0.4 is 5.32 Å². The molecular formula is C28H29ClN4O2. The van der Waals surface area contributed by atoms with Gasteiger partial charge in [-0.05, 0) is 55.8 Å². The number of carbonyl (C=O) groups excluding carboxylic acids is 1. The molecule has 1 amide bonds. The van der Waals surface area contributed by atoms with Gasteiger partial charge in [0.1, 0.15) is 5.69 Å². The van der Waals surface area contributed by atoms with Crippen molar-refractivity contribution >= 4 is 28.4 Å². The summed E-state index contributed by atoms with van der Waals surface area (Å²) in [5, 5.41) is 16.9. The molecule has 6 nitrogen and oxygen atoms in total. The minimum atomic E-state index is -1.61. The van der Waals surface area contributed by atoms with Gasteiger partial charge in [-0.1, -0.05) is 41.9 Å². The fourth-order valence-electron chi connectivity index (χ4n) is 6.10. The second kappa shape index (κ2) is 8.26. The number of aryl methyl sites for hydroxylation is 1. The third kappa shape index (κ3) is 3.59. The number of nitrogens with one attached hydrogen (secondary N) is 1. The third-order valence-electron chi connectivity index (χ3n) is 7.91. The van der Waals surface area contributed by atoms with E-state index >= 15 is 0 Å². The fourth-order valence-corrected chi connectivity index (χ4v) is 6.27. The van der Waals surface area contributed by atoms with E-state index in [1.54, 1.807) is 10.6 Å². The number of aromatic nitrogens is 2. The molecule has 3 atom stereocenters. The van der Waals surface area contributed by atoms with Gasteiger partial charge in [0.2, 0.25) is 0 Å². The van der Waals surface area contributed by atoms with E-state index in [2.05, 4.69) is 21.8 Å². The van der Waals surface area contributed by atoms with Gasteiger partial charge in [-0.2, -0.15) is 0 Å². The number of likely N-dealkylation sites (N-methyl/N-ethyl adjacent to an activating group) is 1. The van der Waals surface area contributed by atoms with Gasteiger partial charge in [-0.25, -0.2) is 0 Å². The van der Waals surface area contributed by atoms with Crippen molar-refractivity contribution in [1.29, 1.82) is 0 Å². The molecule has 2 aliphatic rings. The smallest absolute Gasteiger partial charge is 0.270 e. The topological polar surface area (TPSA) is 62.4 Å². The highest BCUT2D eigenvalue weighted by atomic mass is 35.5. The highest BCUT2D eigenvalue weighted by Crippen LogP contribution is 2.47. The lowest BCUT2D eigenvalue weighted by Gasteiger charge is -2.35. The molecule has 180 valence electrons. The first-order valence-electron chi connectivity index (χ1n) is 12.1. The Morgan fingerprint density at radius 2 is 1.91 bits per heavy atom. The van der Waals surface area contributed by atoms with Gasteiger partial charge in [-0.3, -0.25) is 9.69 Å². The third-order valence-corrected chi connectivity index (χ3v) is 8.15. The van der Waals surface area contributed by atoms with Gasteiger partial charge < -0.3 is 19.6 Å². The van der Waals surface area contributed by atoms with Crippen molar-refractivity contribution in [2.45, 2.75) is 43.6 Å². The predicted octanol–water partition coefficient (Wildman–Crippen LogP) is 4.60. The Kier molecular flexibility index (Phi) is 5.29. The van der Waals surface area contributed by atoms with E-state index in [0.29, 0.717) is 28.4 Å². The lowest BCUT2D eigenvalue weighted by Crippen LogP contribution is -2.49. The maximum Gasteiger partial charge on any atom is 0.270 e. The number of halogens is 1. The first-order chi connectivity index (χ1) is 16.9. The average Bonchev–Trinajstić information content (AvgIpc) is 3.46. The summed E-state index contributed by atoms with van der Waals surface area (Å²) in [6.07, 6.45) is 5.01. The largest absolute Gasteiger partial charge is 0.365 e. The van der Waals surface area contributed by atoms with Gasteiger partial charge >= 0.3 is 0 Å². The molecule has 2 aromatic heterocycles. The number of fused-ring (bicyclic) bond motifs is 6. The Morgan fingerprint density at radius 1 is 1.11 bits per heavy atom. The minimum Gasteiger partial charge on any atom is -0.365 e. The molecule has 7 heteroatoms. The number of aliphatic hydroxyl groups is 1. The Hall–Kier alpha value is -3.06. The minimum absolute atomic E-state index is 0.198. The molecular weight excluding hydrogens is 460 g/mol. The molecule has 0 radical (unpaired) electrons. The number of benzene rings is 2. The summed E-state index contributed by atoms with van der Waals surface area (Å²) in [6.45, 7) is 0.198. The molecule has 2 N–H and O–H groups in total. The van der Waals surface area contributed by atoms with Crippen LogP contribution in [0.1, 0.15) is 46.2 Å². The standard InChI is InChI=1S/C28H29ClN4O2/c1-31-14-6-9-24(31)27(34)30-28(35,18-7-4-3-5-8-18)17-33-22-12-10-19(29)15-21(22)26-23-13-11-20(32(23)2)16-25(26)33/h3-10,12,14-15,20,23,35H,11,13,16-17H2,1-2H3,(H,30,34). The molecule has 1 fully saturated rings. The number of nitrogens with zero attached hydrogens (tertiary/aromatic N) is 3. The Balaban J connectivity index is 1.49. The van der Waals surface area contributed by atoms with Gasteiger partial charge in [0, 0.05) is 58.9 Å². The van der Waals surface area contributed by atoms with Crippen molar-refractivity contribution in [2.75, 3.05) is 7.05 Å². The lowest BCUT2D eigenvalue weighted by molar-refractivity contribution is -0.0117. The quantitative estimate of drug-likeness (QED) is 0.403. The number of hydrogen-bond donors (Lipinski definition) is 2. The molecule has 4 aromatic rings. The Bertz CT molecular complexity index is 1430. The Labute approximate surface area is 209 Å². The highest BCUT2D eigenvalue weighted by molar-refractivity contribution is 6.31. The van der Waals surface area contributed by atoms with E-state index in [1.807, 2.05) is 67.8 Å². The molecule has 6 rings (SSSR count). The van der Waals surface area contributed by atoms with Gasteiger partial charge in [0.25, 0.3) is 5.91 Å². The van der Waals surface area contributed by atoms with Crippen LogP contribution in [0.15, 0.2) is 66.9 Å². The molecule has 3 unspecified atom stereocenters. The van der Waals surface area contributed by atoms with Crippen molar-refractivity contribution in [2.24, 2.45) is 7.05 Å². The summed E-state index contributed by atoms with van der Waals surface area (Å²) in [6, 6.07) is 19.8. The normalized spacial score (nSPS) is 21.1. The van der Waals surface area contributed by atoms with Crippen molar-refractivity contribution in [3.05, 3.63) is 94.4 Å². The molecule has 2 aliphatic heterocycles. The lowest BCUT2D eigenvalue weighted by atomic mass is 9.97. The van der Waals surface area contributed by atoms with Crippen LogP contribution in [-0.4, -0.2) is 38.1 Å². The number of amides is 1. The van der Waals surface area contributed by atoms with E-state index in [-0.39, 0.29) is 12.5 Å². The summed E-state index contributed by atoms with van der Waals surface area (Å²) in [5.74, 6) is -0.322. The first kappa shape index (κ1) is 22.4. The highest BCUT2D eigenvalue weighted by Gasteiger charge is 2.42. The van der Waals surface area contributed by atoms with Crippen LogP contribution >= 0.6 is 11.6 Å². The molecule has 1 saturated heterocycles. The van der Waals surface area contributed by atoms with Crippen molar-refractivity contribution in [3.8, 4) is 0 Å². The van der Waals surface area contributed by atoms with E-state index in [0.717, 1.165) is 30.2 Å². The summed E-state index contributed by atoms with van der Waals surface area (Å²) < 4.78 is 3.96. The van der Waals surface area contributed by atoms with Crippen LogP contribution in [0, 0.1) is 0 Å². The van der Waals surface area contributed by atoms with Crippen LogP contribution in [-0.2, 0) is 25.7 Å². The maximum absolute atomic E-state index is 13.3. The van der Waals surface area contributed by atoms with E-state index in [9.17, 15) is 9.90 Å². The molecule has 0 spiro atoms. The zero-order chi connectivity index (χ0) is 24.3. The SMILES string of the molecule is CN1C2CCC1c1c(n(CC(O)(NC(=O)c3cccn3C)c3ccccc3)c3ccc(Cl)cc13)C2. The summed E-state index contributed by atoms with van der Waals surface area (Å²) in [4.78, 5) is 15.8. The monoisotopic (exact) mass is 488 g/mol. The molecule has 35 heavy (non-hydrogen) atoms. The molecule has 2 bridgehead atoms. The van der Waals surface area contributed by atoms with Gasteiger partial charge in [-0.15, -0.1) is 0 Å². The van der Waals surface area contributed by atoms with Crippen LogP contribution in [0.5, 0.6) is 0 Å². The van der Waals surface area contributed by atoms with Crippen molar-refractivity contribution in [1.82, 2.24) is 19.4 Å². The van der Waals surface area contributed by atoms with Crippen LogP contribution in [0.2, 0.25) is 5.02 Å². The molecule has 2 aromatic carbocycles. The average molecular weight is 489 g/mol. The number of hydrogen-bond acceptors (Lipinski definition) is 3. The van der Waals surface area contributed by atoms with E-state index in [4.69, 9.17) is 11.6 Å². The predicted molar refractivity (Wildman–Crippen MR) is 137 cm³/mol. The number of rotatable bonds is 5. The molecule has 4 heterocycles. The van der Waals surface area contributed by atoms with Crippen LogP contribution in [0.3, 0.4) is 0 Å². The van der Waals surface area contributed by atoms with E-state index < -0.39 is 5.72 Å². The van der Waals surface area contributed by atoms with Crippen LogP contribution in [0.4, 0.5) is 0 Å². The summed E-state index contributed by atoms with van der Waals surface area (Å²) >= 11 is 6.45. The second-order valence-electron chi connectivity index (χ2n) is 9.91. The Morgan fingerprint density at radius 3 is 2.66 bits per heavy atom. The summed E-state index contributed by atoms with van der Waals surface area (Å²) in [7, 11) is 4.03. The van der Waals surface area contributed by atoms with Crippen LogP contribution in [0.25, 0.3) is 10.9 Å². The second-order valence-corrected chi connectivity index (χ2v) is 10.3. The maximum atomic E-state index is 13.3. The van der Waals surface area contributed by atoms with Crippen molar-refractivity contribution < 1.29 is 9.90 Å². The molecule has 0 aliphatic carbocycles. The van der Waals surface area contributed by atoms with Gasteiger partial charge in [0.05, 0.1) is 6.54 Å². The van der Waals surface area contributed by atoms with Crippen molar-refractivity contribution in [3.63, 3.8) is 0 Å².